The van der Waals surface area contributed by atoms with Crippen molar-refractivity contribution < 1.29 is 35.1 Å². The lowest BCUT2D eigenvalue weighted by Gasteiger charge is -2.17. The van der Waals surface area contributed by atoms with Gasteiger partial charge >= 0.3 is 0 Å². The van der Waals surface area contributed by atoms with Crippen LogP contribution in [-0.2, 0) is 0 Å². The average Bonchev–Trinajstić information content (AvgIpc) is 4.13. The van der Waals surface area contributed by atoms with Crippen LogP contribution >= 0.6 is 11.3 Å². The van der Waals surface area contributed by atoms with E-state index in [1.165, 1.54) is 86.2 Å². The molecule has 0 saturated heterocycles. The van der Waals surface area contributed by atoms with Crippen LogP contribution in [0, 0.1) is 46.5 Å². The number of pyridine rings is 6. The molecule has 0 aliphatic rings. The van der Waals surface area contributed by atoms with E-state index < -0.39 is 85.7 Å². The van der Waals surface area contributed by atoms with Gasteiger partial charge in [0, 0.05) is 118 Å². The Hall–Kier alpha value is -8.71. The van der Waals surface area contributed by atoms with Crippen molar-refractivity contribution in [1.29, 1.82) is 0 Å². The third kappa shape index (κ3) is 5.23. The molecule has 0 N–H and O–H groups in total. The second-order valence-corrected chi connectivity index (χ2v) is 16.6. The number of aromatic nitrogens is 10. The number of rotatable bonds is 5. The Bertz CT molecular complexity index is 3910. The summed E-state index contributed by atoms with van der Waals surface area (Å²) in [6.45, 7) is 0. The zero-order chi connectivity index (χ0) is 46.3. The zero-order valence-electron chi connectivity index (χ0n) is 34.0. The van der Waals surface area contributed by atoms with Gasteiger partial charge in [-0.3, -0.25) is 34.5 Å². The number of fused-ring (bicyclic) bond motifs is 10. The molecule has 0 aliphatic carbocycles. The second kappa shape index (κ2) is 14.4. The lowest BCUT2D eigenvalue weighted by atomic mass is 9.96. The van der Waals surface area contributed by atoms with Crippen LogP contribution in [0.1, 0.15) is 0 Å². The van der Waals surface area contributed by atoms with Gasteiger partial charge in [0.2, 0.25) is 0 Å². The summed E-state index contributed by atoms with van der Waals surface area (Å²) >= 11 is 0.739. The third-order valence-corrected chi connectivity index (χ3v) is 13.4. The summed E-state index contributed by atoms with van der Waals surface area (Å²) in [6.07, 6.45) is 17.2. The normalized spacial score (nSPS) is 12.1. The molecular weight excluding hydrogens is 913 g/mol. The van der Waals surface area contributed by atoms with Gasteiger partial charge in [-0.1, -0.05) is 23.5 Å². The van der Waals surface area contributed by atoms with Gasteiger partial charge < -0.3 is 9.13 Å². The Balaban J connectivity index is 1.09. The fourth-order valence-electron chi connectivity index (χ4n) is 9.41. The van der Waals surface area contributed by atoms with E-state index in [-0.39, 0.29) is 31.9 Å². The maximum Gasteiger partial charge on any atom is 0.195 e. The SMILES string of the molecule is Fc1c(F)c(-n2c3ccncc3c3cnccc32)c(F)c(F)c1-c1ccc(-c2c(F)c(F)c(-n3c4ccncc4c4cnccc43)c(F)c2F)c2sc(-n3c4ccncc4c4cnccc43)nc12. The lowest BCUT2D eigenvalue weighted by Crippen LogP contribution is -2.10. The Kier molecular flexibility index (Phi) is 8.39. The molecule has 0 saturated carbocycles. The first-order valence-corrected chi connectivity index (χ1v) is 21.2. The molecule has 68 heavy (non-hydrogen) atoms. The van der Waals surface area contributed by atoms with E-state index in [1.54, 1.807) is 29.1 Å². The summed E-state index contributed by atoms with van der Waals surface area (Å²) in [5, 5.41) is 2.84. The number of halogens is 8. The molecule has 10 heterocycles. The van der Waals surface area contributed by atoms with Gasteiger partial charge in [-0.2, -0.15) is 0 Å². The summed E-state index contributed by atoms with van der Waals surface area (Å²) in [4.78, 5) is 29.6. The van der Waals surface area contributed by atoms with Gasteiger partial charge in [-0.25, -0.2) is 40.1 Å². The van der Waals surface area contributed by atoms with Crippen molar-refractivity contribution >= 4 is 87.0 Å². The Labute approximate surface area is 377 Å². The van der Waals surface area contributed by atoms with E-state index in [2.05, 4.69) is 29.9 Å². The van der Waals surface area contributed by atoms with Crippen LogP contribution in [0.4, 0.5) is 35.1 Å². The van der Waals surface area contributed by atoms with Crippen molar-refractivity contribution in [1.82, 2.24) is 48.6 Å². The minimum atomic E-state index is -1.83. The van der Waals surface area contributed by atoms with E-state index in [9.17, 15) is 0 Å². The molecule has 3 aromatic carbocycles. The van der Waals surface area contributed by atoms with E-state index in [1.807, 2.05) is 0 Å². The first-order chi connectivity index (χ1) is 33.1. The standard InChI is InChI=1S/C49H20F8N10S/c50-37-35(38(51)42(55)46(41(37)54)65-29-3-9-58-15-23(29)24-16-59-10-4-30(24)65)21-1-2-22(48-45(21)64-49(68-48)67-33-7-13-62-19-27(33)28-20-63-14-8-34(28)67)36-39(52)43(56)47(44(57)40(36)53)66-31-5-11-60-17-25(31)26-18-61-12-6-32(26)66/h1-20H. The monoisotopic (exact) mass is 932 g/mol. The fraction of sp³-hybridized carbons (Fsp3) is 0. The third-order valence-electron chi connectivity index (χ3n) is 12.3. The molecule has 0 bridgehead atoms. The minimum absolute atomic E-state index is 0.0304. The first kappa shape index (κ1) is 39.6. The summed E-state index contributed by atoms with van der Waals surface area (Å²) in [5.74, 6) is -14.4. The van der Waals surface area contributed by atoms with Crippen molar-refractivity contribution in [3.8, 4) is 38.8 Å². The summed E-state index contributed by atoms with van der Waals surface area (Å²) in [5.41, 5.74) is -4.29. The molecule has 0 amide bonds. The molecular formula is C49H20F8N10S. The smallest absolute Gasteiger partial charge is 0.195 e. The predicted octanol–water partition coefficient (Wildman–Crippen LogP) is 12.4. The number of hydrogen-bond acceptors (Lipinski definition) is 8. The summed E-state index contributed by atoms with van der Waals surface area (Å²) < 4.78 is 139. The van der Waals surface area contributed by atoms with Crippen molar-refractivity contribution in [2.45, 2.75) is 0 Å². The molecule has 10 aromatic heterocycles. The van der Waals surface area contributed by atoms with Crippen LogP contribution in [0.25, 0.3) is 114 Å². The Morgan fingerprint density at radius 3 is 0.971 bits per heavy atom. The summed E-state index contributed by atoms with van der Waals surface area (Å²) in [6, 6.07) is 10.9. The number of hydrogen-bond donors (Lipinski definition) is 0. The highest BCUT2D eigenvalue weighted by atomic mass is 32.1. The van der Waals surface area contributed by atoms with Crippen LogP contribution in [0.5, 0.6) is 0 Å². The van der Waals surface area contributed by atoms with Gasteiger partial charge in [-0.15, -0.1) is 0 Å². The highest BCUT2D eigenvalue weighted by molar-refractivity contribution is 7.21. The van der Waals surface area contributed by atoms with Crippen LogP contribution in [0.2, 0.25) is 0 Å². The fourth-order valence-corrected chi connectivity index (χ4v) is 10.6. The van der Waals surface area contributed by atoms with Gasteiger partial charge in [0.1, 0.15) is 11.4 Å². The van der Waals surface area contributed by atoms with Gasteiger partial charge in [-0.05, 0) is 36.4 Å². The second-order valence-electron chi connectivity index (χ2n) is 15.7. The average molecular weight is 933 g/mol. The Morgan fingerprint density at radius 1 is 0.338 bits per heavy atom. The Morgan fingerprint density at radius 2 is 0.632 bits per heavy atom. The maximum absolute atomic E-state index is 17.0. The molecule has 10 nitrogen and oxygen atoms in total. The topological polar surface area (TPSA) is 105 Å². The molecule has 13 aromatic rings. The number of nitrogens with zero attached hydrogens (tertiary/aromatic N) is 10. The molecule has 0 atom stereocenters. The number of benzene rings is 3. The minimum Gasteiger partial charge on any atom is -0.304 e. The van der Waals surface area contributed by atoms with Crippen molar-refractivity contribution in [3.63, 3.8) is 0 Å². The van der Waals surface area contributed by atoms with Crippen molar-refractivity contribution in [3.05, 3.63) is 169 Å². The van der Waals surface area contributed by atoms with Crippen LogP contribution < -0.4 is 0 Å². The predicted molar refractivity (Wildman–Crippen MR) is 240 cm³/mol. The van der Waals surface area contributed by atoms with Crippen LogP contribution in [0.15, 0.2) is 123 Å². The van der Waals surface area contributed by atoms with E-state index in [0.29, 0.717) is 43.4 Å². The molecule has 0 radical (unpaired) electrons. The highest BCUT2D eigenvalue weighted by Gasteiger charge is 2.34. The molecule has 0 unspecified atom stereocenters. The van der Waals surface area contributed by atoms with Crippen LogP contribution in [-0.4, -0.2) is 48.6 Å². The van der Waals surface area contributed by atoms with E-state index in [0.717, 1.165) is 32.6 Å². The van der Waals surface area contributed by atoms with Crippen molar-refractivity contribution in [2.24, 2.45) is 0 Å². The largest absolute Gasteiger partial charge is 0.304 e. The maximum atomic E-state index is 17.0. The molecule has 13 rings (SSSR count). The quantitative estimate of drug-likeness (QED) is 0.125. The van der Waals surface area contributed by atoms with Gasteiger partial charge in [0.05, 0.1) is 54.4 Å². The van der Waals surface area contributed by atoms with Gasteiger partial charge in [0.15, 0.2) is 51.7 Å². The molecule has 0 fully saturated rings. The lowest BCUT2D eigenvalue weighted by molar-refractivity contribution is 0.454. The molecule has 0 spiro atoms. The van der Waals surface area contributed by atoms with Gasteiger partial charge in [0.25, 0.3) is 0 Å². The van der Waals surface area contributed by atoms with E-state index in [4.69, 9.17) is 4.98 Å². The van der Waals surface area contributed by atoms with Crippen LogP contribution in [0.3, 0.4) is 0 Å². The highest BCUT2D eigenvalue weighted by Crippen LogP contribution is 2.47. The zero-order valence-corrected chi connectivity index (χ0v) is 34.8. The molecule has 19 heteroatoms. The van der Waals surface area contributed by atoms with E-state index >= 15 is 35.1 Å². The molecule has 0 aliphatic heterocycles. The summed E-state index contributed by atoms with van der Waals surface area (Å²) in [7, 11) is 0. The number of thiazole rings is 1. The molecule has 328 valence electrons. The first-order valence-electron chi connectivity index (χ1n) is 20.4. The van der Waals surface area contributed by atoms with Crippen molar-refractivity contribution in [2.75, 3.05) is 0 Å².